The normalized spacial score (nSPS) is 11.7. The molecule has 23 heavy (non-hydrogen) atoms. The van der Waals surface area contributed by atoms with Gasteiger partial charge < -0.3 is 0 Å². The first-order valence-corrected chi connectivity index (χ1v) is 7.93. The van der Waals surface area contributed by atoms with Gasteiger partial charge in [-0.15, -0.1) is 0 Å². The first-order chi connectivity index (χ1) is 10.9. The maximum Gasteiger partial charge on any atom is 0.271 e. The Morgan fingerprint density at radius 2 is 1.65 bits per heavy atom. The number of nitrogens with zero attached hydrogens (tertiary/aromatic N) is 1. The van der Waals surface area contributed by atoms with Crippen LogP contribution in [0.15, 0.2) is 53.6 Å². The minimum atomic E-state index is -0.202. The van der Waals surface area contributed by atoms with Crippen LogP contribution in [-0.4, -0.2) is 12.1 Å². The molecule has 0 fully saturated rings. The second-order valence-corrected chi connectivity index (χ2v) is 6.62. The van der Waals surface area contributed by atoms with Gasteiger partial charge in [-0.25, -0.2) is 5.43 Å². The van der Waals surface area contributed by atoms with E-state index in [1.165, 1.54) is 11.1 Å². The molecule has 2 aromatic rings. The van der Waals surface area contributed by atoms with E-state index in [9.17, 15) is 4.79 Å². The second kappa shape index (κ2) is 7.23. The van der Waals surface area contributed by atoms with Crippen molar-refractivity contribution in [3.8, 4) is 0 Å². The van der Waals surface area contributed by atoms with Crippen molar-refractivity contribution in [3.63, 3.8) is 0 Å². The van der Waals surface area contributed by atoms with Crippen molar-refractivity contribution in [2.24, 2.45) is 5.10 Å². The maximum absolute atomic E-state index is 12.1. The molecule has 0 radical (unpaired) electrons. The number of aryl methyl sites for hydroxylation is 1. The van der Waals surface area contributed by atoms with Crippen LogP contribution in [0.3, 0.4) is 0 Å². The molecule has 0 unspecified atom stereocenters. The van der Waals surface area contributed by atoms with Gasteiger partial charge in [0, 0.05) is 5.56 Å². The highest BCUT2D eigenvalue weighted by Gasteiger charge is 2.14. The monoisotopic (exact) mass is 308 g/mol. The largest absolute Gasteiger partial charge is 0.271 e. The number of amides is 1. The average molecular weight is 308 g/mol. The average Bonchev–Trinajstić information content (AvgIpc) is 2.54. The molecule has 120 valence electrons. The Bertz CT molecular complexity index is 677. The Morgan fingerprint density at radius 1 is 1.04 bits per heavy atom. The van der Waals surface area contributed by atoms with E-state index in [4.69, 9.17) is 0 Å². The molecule has 0 aromatic heterocycles. The highest BCUT2D eigenvalue weighted by molar-refractivity contribution is 5.94. The second-order valence-electron chi connectivity index (χ2n) is 6.62. The zero-order chi connectivity index (χ0) is 16.9. The van der Waals surface area contributed by atoms with E-state index in [0.29, 0.717) is 5.56 Å². The topological polar surface area (TPSA) is 41.5 Å². The number of rotatable bonds is 4. The summed E-state index contributed by atoms with van der Waals surface area (Å²) in [5, 5.41) is 4.02. The summed E-state index contributed by atoms with van der Waals surface area (Å²) in [6.07, 6.45) is 2.67. The Hall–Kier alpha value is -2.42. The molecule has 0 spiro atoms. The van der Waals surface area contributed by atoms with Crippen molar-refractivity contribution in [2.75, 3.05) is 0 Å². The molecule has 2 aromatic carbocycles. The molecule has 0 atom stereocenters. The quantitative estimate of drug-likeness (QED) is 0.663. The van der Waals surface area contributed by atoms with Crippen molar-refractivity contribution < 1.29 is 4.79 Å². The van der Waals surface area contributed by atoms with Crippen LogP contribution in [0.1, 0.15) is 54.7 Å². The molecule has 0 saturated heterocycles. The third-order valence-electron chi connectivity index (χ3n) is 3.78. The van der Waals surface area contributed by atoms with Gasteiger partial charge in [0.15, 0.2) is 0 Å². The lowest BCUT2D eigenvalue weighted by atomic mass is 9.87. The molecule has 0 heterocycles. The standard InChI is InChI=1S/C20H24N2O/c1-5-15-6-8-16(9-7-15)14-21-22-19(23)17-10-12-18(13-11-17)20(2,3)4/h6-14H,5H2,1-4H3,(H,22,23)/b21-14+. The Labute approximate surface area is 138 Å². The first kappa shape index (κ1) is 16.9. The van der Waals surface area contributed by atoms with Gasteiger partial charge in [-0.2, -0.15) is 5.10 Å². The van der Waals surface area contributed by atoms with Crippen LogP contribution in [0, 0.1) is 0 Å². The van der Waals surface area contributed by atoms with E-state index in [2.05, 4.69) is 50.4 Å². The smallest absolute Gasteiger partial charge is 0.267 e. The number of hydrazone groups is 1. The van der Waals surface area contributed by atoms with Crippen molar-refractivity contribution in [1.82, 2.24) is 5.43 Å². The van der Waals surface area contributed by atoms with E-state index in [1.54, 1.807) is 6.21 Å². The highest BCUT2D eigenvalue weighted by Crippen LogP contribution is 2.22. The van der Waals surface area contributed by atoms with Gasteiger partial charge in [-0.1, -0.05) is 64.1 Å². The molecule has 0 bridgehead atoms. The molecule has 0 aliphatic carbocycles. The minimum absolute atomic E-state index is 0.0812. The number of carbonyl (C=O) groups excluding carboxylic acids is 1. The minimum Gasteiger partial charge on any atom is -0.267 e. The molecular weight excluding hydrogens is 284 g/mol. The van der Waals surface area contributed by atoms with E-state index in [1.807, 2.05) is 36.4 Å². The van der Waals surface area contributed by atoms with Crippen LogP contribution in [0.25, 0.3) is 0 Å². The van der Waals surface area contributed by atoms with Crippen LogP contribution in [0.5, 0.6) is 0 Å². The van der Waals surface area contributed by atoms with Crippen LogP contribution in [0.2, 0.25) is 0 Å². The van der Waals surface area contributed by atoms with Crippen LogP contribution < -0.4 is 5.43 Å². The summed E-state index contributed by atoms with van der Waals surface area (Å²) in [5.41, 5.74) is 6.70. The lowest BCUT2D eigenvalue weighted by Crippen LogP contribution is -2.18. The molecule has 0 aliphatic heterocycles. The fraction of sp³-hybridized carbons (Fsp3) is 0.300. The summed E-state index contributed by atoms with van der Waals surface area (Å²) in [7, 11) is 0. The van der Waals surface area contributed by atoms with Crippen molar-refractivity contribution >= 4 is 12.1 Å². The zero-order valence-corrected chi connectivity index (χ0v) is 14.3. The molecule has 3 nitrogen and oxygen atoms in total. The molecule has 0 saturated carbocycles. The van der Waals surface area contributed by atoms with Crippen molar-refractivity contribution in [3.05, 3.63) is 70.8 Å². The van der Waals surface area contributed by atoms with Crippen molar-refractivity contribution in [1.29, 1.82) is 0 Å². The summed E-state index contributed by atoms with van der Waals surface area (Å²) in [5.74, 6) is -0.202. The number of carbonyl (C=O) groups is 1. The van der Waals surface area contributed by atoms with Gasteiger partial charge in [0.05, 0.1) is 6.21 Å². The van der Waals surface area contributed by atoms with Gasteiger partial charge in [0.1, 0.15) is 0 Å². The van der Waals surface area contributed by atoms with Gasteiger partial charge in [0.2, 0.25) is 0 Å². The van der Waals surface area contributed by atoms with Gasteiger partial charge >= 0.3 is 0 Å². The predicted octanol–water partition coefficient (Wildman–Crippen LogP) is 4.31. The molecular formula is C20H24N2O. The van der Waals surface area contributed by atoms with E-state index < -0.39 is 0 Å². The highest BCUT2D eigenvalue weighted by atomic mass is 16.2. The lowest BCUT2D eigenvalue weighted by molar-refractivity contribution is 0.0955. The van der Waals surface area contributed by atoms with E-state index in [-0.39, 0.29) is 11.3 Å². The Balaban J connectivity index is 1.97. The van der Waals surface area contributed by atoms with Gasteiger partial charge in [-0.3, -0.25) is 4.79 Å². The van der Waals surface area contributed by atoms with Crippen LogP contribution >= 0.6 is 0 Å². The van der Waals surface area contributed by atoms with Crippen LogP contribution in [0.4, 0.5) is 0 Å². The molecule has 3 heteroatoms. The number of nitrogens with one attached hydrogen (secondary N) is 1. The maximum atomic E-state index is 12.1. The van der Waals surface area contributed by atoms with Gasteiger partial charge in [0.25, 0.3) is 5.91 Å². The Kier molecular flexibility index (Phi) is 5.32. The summed E-state index contributed by atoms with van der Waals surface area (Å²) in [6, 6.07) is 15.8. The van der Waals surface area contributed by atoms with E-state index >= 15 is 0 Å². The molecule has 1 N–H and O–H groups in total. The number of benzene rings is 2. The number of hydrogen-bond donors (Lipinski definition) is 1. The summed E-state index contributed by atoms with van der Waals surface area (Å²) in [6.45, 7) is 8.57. The third-order valence-corrected chi connectivity index (χ3v) is 3.78. The van der Waals surface area contributed by atoms with Gasteiger partial charge in [-0.05, 0) is 40.7 Å². The van der Waals surface area contributed by atoms with Crippen LogP contribution in [-0.2, 0) is 11.8 Å². The number of hydrogen-bond acceptors (Lipinski definition) is 2. The summed E-state index contributed by atoms with van der Waals surface area (Å²) in [4.78, 5) is 12.1. The zero-order valence-electron chi connectivity index (χ0n) is 14.3. The van der Waals surface area contributed by atoms with Crippen molar-refractivity contribution in [2.45, 2.75) is 39.5 Å². The third kappa shape index (κ3) is 4.78. The summed E-state index contributed by atoms with van der Waals surface area (Å²) >= 11 is 0. The lowest BCUT2D eigenvalue weighted by Gasteiger charge is -2.18. The van der Waals surface area contributed by atoms with E-state index in [0.717, 1.165) is 12.0 Å². The molecule has 2 rings (SSSR count). The SMILES string of the molecule is CCc1ccc(/C=N/NC(=O)c2ccc(C(C)(C)C)cc2)cc1. The molecule has 1 amide bonds. The Morgan fingerprint density at radius 3 is 2.17 bits per heavy atom. The predicted molar refractivity (Wildman–Crippen MR) is 96.0 cm³/mol. The summed E-state index contributed by atoms with van der Waals surface area (Å²) < 4.78 is 0. The molecule has 0 aliphatic rings. The fourth-order valence-corrected chi connectivity index (χ4v) is 2.19. The first-order valence-electron chi connectivity index (χ1n) is 7.93. The fourth-order valence-electron chi connectivity index (χ4n) is 2.19.